The number of rotatable bonds is 5. The quantitative estimate of drug-likeness (QED) is 0.731. The van der Waals surface area contributed by atoms with Crippen molar-refractivity contribution < 1.29 is 18.7 Å². The number of anilines is 2. The molecule has 2 N–H and O–H groups in total. The lowest BCUT2D eigenvalue weighted by molar-refractivity contribution is -0.114. The third kappa shape index (κ3) is 4.04. The fraction of sp³-hybridized carbons (Fsp3) is 0.111. The Hall–Kier alpha value is -3.68. The van der Waals surface area contributed by atoms with E-state index in [2.05, 4.69) is 20.8 Å². The Morgan fingerprint density at radius 3 is 2.35 bits per heavy atom. The molecule has 0 unspecified atom stereocenters. The van der Waals surface area contributed by atoms with Crippen molar-refractivity contribution in [3.05, 3.63) is 54.4 Å². The van der Waals surface area contributed by atoms with Crippen LogP contribution >= 0.6 is 0 Å². The molecule has 0 atom stereocenters. The first kappa shape index (κ1) is 17.2. The van der Waals surface area contributed by atoms with Gasteiger partial charge in [-0.25, -0.2) is 0 Å². The molecule has 0 aliphatic rings. The highest BCUT2D eigenvalue weighted by Crippen LogP contribution is 2.22. The molecule has 0 fully saturated rings. The molecule has 8 heteroatoms. The molecule has 3 rings (SSSR count). The van der Waals surface area contributed by atoms with Crippen LogP contribution in [0.15, 0.2) is 52.9 Å². The van der Waals surface area contributed by atoms with Crippen molar-refractivity contribution in [2.24, 2.45) is 0 Å². The molecule has 3 aromatic rings. The number of carbonyl (C=O) groups excluding carboxylic acids is 2. The molecule has 26 heavy (non-hydrogen) atoms. The van der Waals surface area contributed by atoms with Gasteiger partial charge in [0, 0.05) is 23.9 Å². The third-order valence-electron chi connectivity index (χ3n) is 3.40. The van der Waals surface area contributed by atoms with Gasteiger partial charge in [-0.3, -0.25) is 9.59 Å². The minimum absolute atomic E-state index is 0.166. The molecular weight excluding hydrogens is 336 g/mol. The van der Waals surface area contributed by atoms with Gasteiger partial charge in [0.05, 0.1) is 7.11 Å². The standard InChI is InChI=1S/C18H16N4O4/c1-11(23)19-13-4-3-5-14(10-13)20-16(24)18-22-21-17(26-18)12-6-8-15(25-2)9-7-12/h3-10H,1-2H3,(H,19,23)(H,20,24). The lowest BCUT2D eigenvalue weighted by Gasteiger charge is -2.06. The second-order valence-corrected chi connectivity index (χ2v) is 5.36. The molecule has 0 saturated heterocycles. The van der Waals surface area contributed by atoms with Crippen molar-refractivity contribution in [3.63, 3.8) is 0 Å². The highest BCUT2D eigenvalue weighted by atomic mass is 16.5. The predicted molar refractivity (Wildman–Crippen MR) is 95.0 cm³/mol. The Labute approximate surface area is 149 Å². The molecule has 8 nitrogen and oxygen atoms in total. The molecule has 0 bridgehead atoms. The van der Waals surface area contributed by atoms with Crippen LogP contribution in [0.1, 0.15) is 17.6 Å². The minimum atomic E-state index is -0.544. The van der Waals surface area contributed by atoms with Crippen molar-refractivity contribution in [1.82, 2.24) is 10.2 Å². The van der Waals surface area contributed by atoms with E-state index in [1.165, 1.54) is 6.92 Å². The molecule has 0 saturated carbocycles. The Kier molecular flexibility index (Phi) is 4.93. The summed E-state index contributed by atoms with van der Waals surface area (Å²) in [6.07, 6.45) is 0. The van der Waals surface area contributed by atoms with Crippen LogP contribution in [0.5, 0.6) is 5.75 Å². The number of ether oxygens (including phenoxy) is 1. The number of hydrogen-bond donors (Lipinski definition) is 2. The molecule has 2 aromatic carbocycles. The summed E-state index contributed by atoms with van der Waals surface area (Å²) >= 11 is 0. The van der Waals surface area contributed by atoms with Crippen molar-refractivity contribution >= 4 is 23.2 Å². The zero-order chi connectivity index (χ0) is 18.5. The fourth-order valence-corrected chi connectivity index (χ4v) is 2.23. The molecular formula is C18H16N4O4. The van der Waals surface area contributed by atoms with Gasteiger partial charge in [-0.2, -0.15) is 0 Å². The van der Waals surface area contributed by atoms with Gasteiger partial charge in [0.25, 0.3) is 0 Å². The third-order valence-corrected chi connectivity index (χ3v) is 3.40. The first-order chi connectivity index (χ1) is 12.5. The zero-order valence-corrected chi connectivity index (χ0v) is 14.1. The Bertz CT molecular complexity index is 934. The lowest BCUT2D eigenvalue weighted by atomic mass is 10.2. The van der Waals surface area contributed by atoms with Crippen LogP contribution in [0, 0.1) is 0 Å². The van der Waals surface area contributed by atoms with Crippen LogP contribution < -0.4 is 15.4 Å². The SMILES string of the molecule is COc1ccc(-c2nnc(C(=O)Nc3cccc(NC(C)=O)c3)o2)cc1. The maximum atomic E-state index is 12.3. The van der Waals surface area contributed by atoms with Gasteiger partial charge in [0.2, 0.25) is 11.8 Å². The largest absolute Gasteiger partial charge is 0.497 e. The summed E-state index contributed by atoms with van der Waals surface area (Å²) in [6.45, 7) is 1.41. The number of hydrogen-bond acceptors (Lipinski definition) is 6. The van der Waals surface area contributed by atoms with Crippen molar-refractivity contribution in [1.29, 1.82) is 0 Å². The highest BCUT2D eigenvalue weighted by molar-refractivity contribution is 6.01. The summed E-state index contributed by atoms with van der Waals surface area (Å²) < 4.78 is 10.5. The second kappa shape index (κ2) is 7.47. The number of amides is 2. The number of aromatic nitrogens is 2. The van der Waals surface area contributed by atoms with Crippen LogP contribution in [0.3, 0.4) is 0 Å². The zero-order valence-electron chi connectivity index (χ0n) is 14.1. The molecule has 1 aromatic heterocycles. The maximum absolute atomic E-state index is 12.3. The van der Waals surface area contributed by atoms with E-state index in [-0.39, 0.29) is 17.7 Å². The number of nitrogens with zero attached hydrogens (tertiary/aromatic N) is 2. The van der Waals surface area contributed by atoms with Gasteiger partial charge in [-0.1, -0.05) is 6.07 Å². The monoisotopic (exact) mass is 352 g/mol. The van der Waals surface area contributed by atoms with E-state index in [9.17, 15) is 9.59 Å². The molecule has 0 aliphatic heterocycles. The Balaban J connectivity index is 1.72. The Morgan fingerprint density at radius 1 is 1.00 bits per heavy atom. The van der Waals surface area contributed by atoms with Gasteiger partial charge in [-0.05, 0) is 42.5 Å². The predicted octanol–water partition coefficient (Wildman–Crippen LogP) is 2.96. The molecule has 0 aliphatic carbocycles. The Morgan fingerprint density at radius 2 is 1.69 bits per heavy atom. The van der Waals surface area contributed by atoms with E-state index >= 15 is 0 Å². The summed E-state index contributed by atoms with van der Waals surface area (Å²) in [4.78, 5) is 23.4. The van der Waals surface area contributed by atoms with Crippen molar-refractivity contribution in [3.8, 4) is 17.2 Å². The summed E-state index contributed by atoms with van der Waals surface area (Å²) in [5.41, 5.74) is 1.73. The summed E-state index contributed by atoms with van der Waals surface area (Å²) in [7, 11) is 1.57. The van der Waals surface area contributed by atoms with Crippen LogP contribution in [-0.2, 0) is 4.79 Å². The van der Waals surface area contributed by atoms with E-state index in [0.717, 1.165) is 0 Å². The fourth-order valence-electron chi connectivity index (χ4n) is 2.23. The van der Waals surface area contributed by atoms with E-state index in [0.29, 0.717) is 22.7 Å². The van der Waals surface area contributed by atoms with E-state index in [1.54, 1.807) is 55.6 Å². The number of benzene rings is 2. The van der Waals surface area contributed by atoms with Crippen LogP contribution in [-0.4, -0.2) is 29.1 Å². The van der Waals surface area contributed by atoms with Crippen molar-refractivity contribution in [2.75, 3.05) is 17.7 Å². The van der Waals surface area contributed by atoms with Crippen LogP contribution in [0.4, 0.5) is 11.4 Å². The van der Waals surface area contributed by atoms with E-state index in [4.69, 9.17) is 9.15 Å². The normalized spacial score (nSPS) is 10.2. The molecule has 132 valence electrons. The highest BCUT2D eigenvalue weighted by Gasteiger charge is 2.16. The van der Waals surface area contributed by atoms with Gasteiger partial charge >= 0.3 is 11.8 Å². The topological polar surface area (TPSA) is 106 Å². The molecule has 2 amide bonds. The first-order valence-electron chi connectivity index (χ1n) is 7.72. The van der Waals surface area contributed by atoms with Gasteiger partial charge in [0.15, 0.2) is 0 Å². The minimum Gasteiger partial charge on any atom is -0.497 e. The number of methoxy groups -OCH3 is 1. The second-order valence-electron chi connectivity index (χ2n) is 5.36. The van der Waals surface area contributed by atoms with Crippen LogP contribution in [0.25, 0.3) is 11.5 Å². The molecule has 0 radical (unpaired) electrons. The molecule has 0 spiro atoms. The summed E-state index contributed by atoms with van der Waals surface area (Å²) in [6, 6.07) is 13.8. The van der Waals surface area contributed by atoms with E-state index < -0.39 is 5.91 Å². The molecule has 1 heterocycles. The summed E-state index contributed by atoms with van der Waals surface area (Å²) in [5.74, 6) is 0.0163. The van der Waals surface area contributed by atoms with Gasteiger partial charge < -0.3 is 19.8 Å². The van der Waals surface area contributed by atoms with Crippen LogP contribution in [0.2, 0.25) is 0 Å². The van der Waals surface area contributed by atoms with Gasteiger partial charge in [0.1, 0.15) is 5.75 Å². The average molecular weight is 352 g/mol. The summed E-state index contributed by atoms with van der Waals surface area (Å²) in [5, 5.41) is 12.9. The number of carbonyl (C=O) groups is 2. The van der Waals surface area contributed by atoms with E-state index in [1.807, 2.05) is 0 Å². The number of nitrogens with one attached hydrogen (secondary N) is 2. The maximum Gasteiger partial charge on any atom is 0.313 e. The van der Waals surface area contributed by atoms with Crippen molar-refractivity contribution in [2.45, 2.75) is 6.92 Å². The average Bonchev–Trinajstić information content (AvgIpc) is 3.12. The smallest absolute Gasteiger partial charge is 0.313 e. The first-order valence-corrected chi connectivity index (χ1v) is 7.72. The lowest BCUT2D eigenvalue weighted by Crippen LogP contribution is -2.13. The van der Waals surface area contributed by atoms with Gasteiger partial charge in [-0.15, -0.1) is 10.2 Å².